The lowest BCUT2D eigenvalue weighted by Crippen LogP contribution is -2.35. The molecule has 0 aliphatic heterocycles. The minimum atomic E-state index is -4.33. The molecule has 4 nitrogen and oxygen atoms in total. The summed E-state index contributed by atoms with van der Waals surface area (Å²) in [7, 11) is 1.86. The quantitative estimate of drug-likeness (QED) is 0.694. The van der Waals surface area contributed by atoms with Crippen LogP contribution in [0.5, 0.6) is 0 Å². The molecule has 2 saturated carbocycles. The highest BCUT2D eigenvalue weighted by molar-refractivity contribution is 5.85. The van der Waals surface area contributed by atoms with Crippen molar-refractivity contribution in [1.29, 1.82) is 0 Å². The van der Waals surface area contributed by atoms with Crippen molar-refractivity contribution in [2.45, 2.75) is 56.3 Å². The van der Waals surface area contributed by atoms with Gasteiger partial charge in [-0.1, -0.05) is 12.1 Å². The number of benzene rings is 1. The first-order chi connectivity index (χ1) is 12.8. The highest BCUT2D eigenvalue weighted by atomic mass is 35.5. The Balaban J connectivity index is 0.00000150. The molecule has 1 aromatic carbocycles. The molecule has 0 bridgehead atoms. The zero-order valence-electron chi connectivity index (χ0n) is 16.0. The molecule has 4 rings (SSSR count). The third-order valence-corrected chi connectivity index (χ3v) is 5.35. The summed E-state index contributed by atoms with van der Waals surface area (Å²) in [6.45, 7) is 0.356. The van der Waals surface area contributed by atoms with Crippen molar-refractivity contribution in [1.82, 2.24) is 9.97 Å². The Morgan fingerprint density at radius 1 is 1.07 bits per heavy atom. The third kappa shape index (κ3) is 5.53. The Kier molecular flexibility index (Phi) is 7.41. The molecule has 2 aliphatic rings. The summed E-state index contributed by atoms with van der Waals surface area (Å²) in [6, 6.07) is 7.66. The van der Waals surface area contributed by atoms with Crippen LogP contribution in [0.2, 0.25) is 0 Å². The molecule has 0 spiro atoms. The predicted octanol–water partition coefficient (Wildman–Crippen LogP) is 5.06. The van der Waals surface area contributed by atoms with Crippen LogP contribution in [0.15, 0.2) is 30.3 Å². The largest absolute Gasteiger partial charge is 0.416 e. The summed E-state index contributed by atoms with van der Waals surface area (Å²) in [5.74, 6) is 2.40. The molecule has 1 heterocycles. The van der Waals surface area contributed by atoms with Gasteiger partial charge in [0.1, 0.15) is 11.6 Å². The van der Waals surface area contributed by atoms with Gasteiger partial charge in [0.2, 0.25) is 0 Å². The second kappa shape index (κ2) is 9.06. The summed E-state index contributed by atoms with van der Waals surface area (Å²) in [5, 5.41) is 0. The fourth-order valence-electron chi connectivity index (χ4n) is 3.50. The molecular formula is C20H25Cl2F3N4. The van der Waals surface area contributed by atoms with Crippen LogP contribution >= 0.6 is 24.8 Å². The highest BCUT2D eigenvalue weighted by Crippen LogP contribution is 2.41. The van der Waals surface area contributed by atoms with Crippen LogP contribution in [-0.2, 0) is 12.7 Å². The third-order valence-electron chi connectivity index (χ3n) is 5.35. The first-order valence-corrected chi connectivity index (χ1v) is 9.31. The number of rotatable bonds is 5. The molecule has 0 radical (unpaired) electrons. The molecule has 160 valence electrons. The number of nitrogens with zero attached hydrogens (tertiary/aromatic N) is 3. The maximum Gasteiger partial charge on any atom is 0.416 e. The SMILES string of the molecule is CN(Cc1cccc(C(F)(F)F)c1)c1cc(C2CC(N)C2)nc(C2CC2)n1.Cl.Cl. The number of alkyl halides is 3. The van der Waals surface area contributed by atoms with Crippen molar-refractivity contribution in [3.63, 3.8) is 0 Å². The zero-order chi connectivity index (χ0) is 19.2. The molecule has 0 atom stereocenters. The smallest absolute Gasteiger partial charge is 0.355 e. The van der Waals surface area contributed by atoms with E-state index in [1.165, 1.54) is 12.1 Å². The number of anilines is 1. The maximum atomic E-state index is 13.0. The topological polar surface area (TPSA) is 55.0 Å². The van der Waals surface area contributed by atoms with Crippen LogP contribution < -0.4 is 10.6 Å². The van der Waals surface area contributed by atoms with Gasteiger partial charge in [0, 0.05) is 43.2 Å². The molecule has 0 saturated heterocycles. The first-order valence-electron chi connectivity index (χ1n) is 9.31. The fraction of sp³-hybridized carbons (Fsp3) is 0.500. The van der Waals surface area contributed by atoms with Crippen molar-refractivity contribution < 1.29 is 13.2 Å². The monoisotopic (exact) mass is 448 g/mol. The van der Waals surface area contributed by atoms with Crippen LogP contribution in [0.25, 0.3) is 0 Å². The average molecular weight is 449 g/mol. The van der Waals surface area contributed by atoms with E-state index in [1.807, 2.05) is 18.0 Å². The number of hydrogen-bond donors (Lipinski definition) is 1. The Labute approximate surface area is 180 Å². The molecular weight excluding hydrogens is 424 g/mol. The van der Waals surface area contributed by atoms with Gasteiger partial charge in [-0.05, 0) is 43.4 Å². The van der Waals surface area contributed by atoms with Gasteiger partial charge in [-0.2, -0.15) is 13.2 Å². The zero-order valence-corrected chi connectivity index (χ0v) is 17.7. The van der Waals surface area contributed by atoms with Gasteiger partial charge in [0.25, 0.3) is 0 Å². The van der Waals surface area contributed by atoms with E-state index < -0.39 is 11.7 Å². The molecule has 29 heavy (non-hydrogen) atoms. The van der Waals surface area contributed by atoms with Crippen molar-refractivity contribution in [3.8, 4) is 0 Å². The van der Waals surface area contributed by atoms with E-state index >= 15 is 0 Å². The number of aromatic nitrogens is 2. The van der Waals surface area contributed by atoms with E-state index in [9.17, 15) is 13.2 Å². The van der Waals surface area contributed by atoms with Gasteiger partial charge in [0.05, 0.1) is 5.56 Å². The Bertz CT molecular complexity index is 837. The lowest BCUT2D eigenvalue weighted by molar-refractivity contribution is -0.137. The molecule has 2 N–H and O–H groups in total. The van der Waals surface area contributed by atoms with Crippen molar-refractivity contribution in [2.75, 3.05) is 11.9 Å². The van der Waals surface area contributed by atoms with Gasteiger partial charge < -0.3 is 10.6 Å². The van der Waals surface area contributed by atoms with Gasteiger partial charge in [-0.15, -0.1) is 24.8 Å². The van der Waals surface area contributed by atoms with Crippen LogP contribution in [0.4, 0.5) is 19.0 Å². The van der Waals surface area contributed by atoms with Gasteiger partial charge in [-0.3, -0.25) is 0 Å². The van der Waals surface area contributed by atoms with E-state index in [0.717, 1.165) is 49.1 Å². The van der Waals surface area contributed by atoms with Crippen molar-refractivity contribution in [2.24, 2.45) is 5.73 Å². The highest BCUT2D eigenvalue weighted by Gasteiger charge is 2.33. The molecule has 2 aromatic rings. The molecule has 2 fully saturated rings. The van der Waals surface area contributed by atoms with E-state index in [2.05, 4.69) is 4.98 Å². The van der Waals surface area contributed by atoms with Gasteiger partial charge in [-0.25, -0.2) is 9.97 Å². The van der Waals surface area contributed by atoms with E-state index in [0.29, 0.717) is 23.9 Å². The normalized spacial score (nSPS) is 20.9. The van der Waals surface area contributed by atoms with Crippen molar-refractivity contribution >= 4 is 30.6 Å². The lowest BCUT2D eigenvalue weighted by atomic mass is 9.78. The predicted molar refractivity (Wildman–Crippen MR) is 112 cm³/mol. The van der Waals surface area contributed by atoms with Gasteiger partial charge >= 0.3 is 6.18 Å². The minimum Gasteiger partial charge on any atom is -0.355 e. The molecule has 2 aliphatic carbocycles. The molecule has 0 amide bonds. The van der Waals surface area contributed by atoms with Crippen LogP contribution in [0.3, 0.4) is 0 Å². The number of nitrogens with two attached hydrogens (primary N) is 1. The van der Waals surface area contributed by atoms with Crippen LogP contribution in [-0.4, -0.2) is 23.1 Å². The summed E-state index contributed by atoms with van der Waals surface area (Å²) in [5.41, 5.74) is 6.91. The molecule has 0 unspecified atom stereocenters. The molecule has 9 heteroatoms. The standard InChI is InChI=1S/C20H23F3N4.2ClH/c1-27(11-12-3-2-4-15(7-12)20(21,22)23)18-10-17(14-8-16(24)9-14)25-19(26-18)13-5-6-13;;/h2-4,7,10,13-14,16H,5-6,8-9,11,24H2,1H3;2*1H. The van der Waals surface area contributed by atoms with Crippen molar-refractivity contribution in [3.05, 3.63) is 53.0 Å². The maximum absolute atomic E-state index is 13.0. The summed E-state index contributed by atoms with van der Waals surface area (Å²) < 4.78 is 38.9. The summed E-state index contributed by atoms with van der Waals surface area (Å²) >= 11 is 0. The Morgan fingerprint density at radius 2 is 1.76 bits per heavy atom. The van der Waals surface area contributed by atoms with E-state index in [-0.39, 0.29) is 30.9 Å². The average Bonchev–Trinajstić information content (AvgIpc) is 3.43. The Hall–Kier alpha value is -1.57. The first kappa shape index (κ1) is 23.7. The second-order valence-corrected chi connectivity index (χ2v) is 7.77. The summed E-state index contributed by atoms with van der Waals surface area (Å²) in [6.07, 6.45) is -0.274. The number of hydrogen-bond acceptors (Lipinski definition) is 4. The second-order valence-electron chi connectivity index (χ2n) is 7.77. The van der Waals surface area contributed by atoms with Crippen LogP contribution in [0.1, 0.15) is 60.2 Å². The van der Waals surface area contributed by atoms with E-state index in [4.69, 9.17) is 10.7 Å². The Morgan fingerprint density at radius 3 is 2.34 bits per heavy atom. The lowest BCUT2D eigenvalue weighted by Gasteiger charge is -2.32. The van der Waals surface area contributed by atoms with Gasteiger partial charge in [0.15, 0.2) is 0 Å². The summed E-state index contributed by atoms with van der Waals surface area (Å²) in [4.78, 5) is 11.3. The van der Waals surface area contributed by atoms with Crippen LogP contribution in [0, 0.1) is 0 Å². The van der Waals surface area contributed by atoms with E-state index in [1.54, 1.807) is 6.07 Å². The fourth-order valence-corrected chi connectivity index (χ4v) is 3.50. The number of halogens is 5. The molecule has 1 aromatic heterocycles. The minimum absolute atomic E-state index is 0.